The van der Waals surface area contributed by atoms with E-state index in [0.717, 1.165) is 11.3 Å². The largest absolute Gasteiger partial charge is 0.467 e. The van der Waals surface area contributed by atoms with Crippen LogP contribution in [0.1, 0.15) is 31.2 Å². The Kier molecular flexibility index (Phi) is 3.82. The molecule has 0 aliphatic rings. The van der Waals surface area contributed by atoms with Crippen LogP contribution in [-0.4, -0.2) is 5.91 Å². The molecule has 1 amide bonds. The number of hydrogen-bond acceptors (Lipinski definition) is 2. The maximum Gasteiger partial charge on any atom is 0.223 e. The second kappa shape index (κ2) is 5.54. The minimum atomic E-state index is -0.226. The lowest BCUT2D eigenvalue weighted by atomic mass is 10.0. The first-order valence-electron chi connectivity index (χ1n) is 6.07. The van der Waals surface area contributed by atoms with Crippen molar-refractivity contribution in [3.8, 4) is 0 Å². The fourth-order valence-electron chi connectivity index (χ4n) is 1.73. The van der Waals surface area contributed by atoms with Crippen molar-refractivity contribution in [2.75, 3.05) is 0 Å². The molecular weight excluding hydrogens is 226 g/mol. The monoisotopic (exact) mass is 243 g/mol. The summed E-state index contributed by atoms with van der Waals surface area (Å²) >= 11 is 0. The van der Waals surface area contributed by atoms with Crippen LogP contribution < -0.4 is 5.32 Å². The third kappa shape index (κ3) is 2.80. The van der Waals surface area contributed by atoms with E-state index < -0.39 is 0 Å². The predicted molar refractivity (Wildman–Crippen MR) is 70.0 cm³/mol. The minimum absolute atomic E-state index is 0.0141. The van der Waals surface area contributed by atoms with Gasteiger partial charge in [0.1, 0.15) is 11.8 Å². The lowest BCUT2D eigenvalue weighted by molar-refractivity contribution is -0.124. The first-order chi connectivity index (χ1) is 8.68. The number of benzene rings is 1. The van der Waals surface area contributed by atoms with Crippen LogP contribution in [0.25, 0.3) is 0 Å². The second-order valence-corrected chi connectivity index (χ2v) is 4.52. The van der Waals surface area contributed by atoms with Crippen molar-refractivity contribution in [2.45, 2.75) is 19.9 Å². The van der Waals surface area contributed by atoms with Gasteiger partial charge in [-0.05, 0) is 17.7 Å². The summed E-state index contributed by atoms with van der Waals surface area (Å²) in [6.45, 7) is 3.75. The van der Waals surface area contributed by atoms with E-state index in [0.29, 0.717) is 0 Å². The van der Waals surface area contributed by atoms with E-state index in [-0.39, 0.29) is 17.9 Å². The fourth-order valence-corrected chi connectivity index (χ4v) is 1.73. The van der Waals surface area contributed by atoms with Crippen LogP contribution in [0.5, 0.6) is 0 Å². The SMILES string of the molecule is CC(C)C(=O)NC(c1ccccc1)c1ccco1. The van der Waals surface area contributed by atoms with Crippen molar-refractivity contribution in [1.29, 1.82) is 0 Å². The first kappa shape index (κ1) is 12.4. The lowest BCUT2D eigenvalue weighted by Gasteiger charge is -2.18. The van der Waals surface area contributed by atoms with Gasteiger partial charge in [0.2, 0.25) is 5.91 Å². The van der Waals surface area contributed by atoms with E-state index in [2.05, 4.69) is 5.32 Å². The van der Waals surface area contributed by atoms with Gasteiger partial charge in [-0.1, -0.05) is 44.2 Å². The van der Waals surface area contributed by atoms with Gasteiger partial charge in [0.15, 0.2) is 0 Å². The van der Waals surface area contributed by atoms with Crippen molar-refractivity contribution in [2.24, 2.45) is 5.92 Å². The fraction of sp³-hybridized carbons (Fsp3) is 0.267. The zero-order valence-corrected chi connectivity index (χ0v) is 10.6. The van der Waals surface area contributed by atoms with Crippen molar-refractivity contribution < 1.29 is 9.21 Å². The van der Waals surface area contributed by atoms with Crippen LogP contribution in [0.2, 0.25) is 0 Å². The molecule has 94 valence electrons. The van der Waals surface area contributed by atoms with Crippen LogP contribution >= 0.6 is 0 Å². The highest BCUT2D eigenvalue weighted by Crippen LogP contribution is 2.22. The van der Waals surface area contributed by atoms with Crippen molar-refractivity contribution in [3.63, 3.8) is 0 Å². The molecule has 1 N–H and O–H groups in total. The summed E-state index contributed by atoms with van der Waals surface area (Å²) in [4.78, 5) is 11.9. The minimum Gasteiger partial charge on any atom is -0.467 e. The van der Waals surface area contributed by atoms with Gasteiger partial charge in [0.25, 0.3) is 0 Å². The summed E-state index contributed by atoms with van der Waals surface area (Å²) in [6.07, 6.45) is 1.62. The summed E-state index contributed by atoms with van der Waals surface area (Å²) in [5.41, 5.74) is 1.02. The highest BCUT2D eigenvalue weighted by Gasteiger charge is 2.20. The topological polar surface area (TPSA) is 42.2 Å². The van der Waals surface area contributed by atoms with E-state index in [1.807, 2.05) is 56.3 Å². The van der Waals surface area contributed by atoms with E-state index in [1.165, 1.54) is 0 Å². The molecule has 2 rings (SSSR count). The van der Waals surface area contributed by atoms with E-state index in [9.17, 15) is 4.79 Å². The Balaban J connectivity index is 2.27. The summed E-state index contributed by atoms with van der Waals surface area (Å²) in [5, 5.41) is 3.00. The van der Waals surface area contributed by atoms with E-state index >= 15 is 0 Å². The zero-order valence-electron chi connectivity index (χ0n) is 10.6. The molecule has 0 fully saturated rings. The average molecular weight is 243 g/mol. The molecule has 1 heterocycles. The van der Waals surface area contributed by atoms with E-state index in [4.69, 9.17) is 4.42 Å². The smallest absolute Gasteiger partial charge is 0.223 e. The van der Waals surface area contributed by atoms with Crippen LogP contribution in [-0.2, 0) is 4.79 Å². The van der Waals surface area contributed by atoms with Crippen molar-refractivity contribution in [1.82, 2.24) is 5.32 Å². The predicted octanol–water partition coefficient (Wildman–Crippen LogP) is 3.14. The second-order valence-electron chi connectivity index (χ2n) is 4.52. The summed E-state index contributed by atoms with van der Waals surface area (Å²) in [6, 6.07) is 13.3. The molecule has 0 saturated heterocycles. The van der Waals surface area contributed by atoms with Gasteiger partial charge in [-0.15, -0.1) is 0 Å². The van der Waals surface area contributed by atoms with Gasteiger partial charge in [0, 0.05) is 5.92 Å². The summed E-state index contributed by atoms with van der Waals surface area (Å²) in [7, 11) is 0. The molecule has 3 nitrogen and oxygen atoms in total. The Hall–Kier alpha value is -2.03. The standard InChI is InChI=1S/C15H17NO2/c1-11(2)15(17)16-14(13-9-6-10-18-13)12-7-4-3-5-8-12/h3-11,14H,1-2H3,(H,16,17). The molecule has 0 aliphatic heterocycles. The molecule has 0 bridgehead atoms. The molecule has 1 aromatic heterocycles. The Labute approximate surface area is 107 Å². The van der Waals surface area contributed by atoms with Gasteiger partial charge < -0.3 is 9.73 Å². The average Bonchev–Trinajstić information content (AvgIpc) is 2.90. The van der Waals surface area contributed by atoms with Crippen LogP contribution in [0.4, 0.5) is 0 Å². The lowest BCUT2D eigenvalue weighted by Crippen LogP contribution is -2.32. The third-order valence-corrected chi connectivity index (χ3v) is 2.77. The molecule has 1 aromatic carbocycles. The molecule has 2 aromatic rings. The quantitative estimate of drug-likeness (QED) is 0.896. The van der Waals surface area contributed by atoms with Gasteiger partial charge in [-0.3, -0.25) is 4.79 Å². The number of nitrogens with one attached hydrogen (secondary N) is 1. The number of carbonyl (C=O) groups excluding carboxylic acids is 1. The third-order valence-electron chi connectivity index (χ3n) is 2.77. The van der Waals surface area contributed by atoms with Crippen molar-refractivity contribution in [3.05, 3.63) is 60.1 Å². The summed E-state index contributed by atoms with van der Waals surface area (Å²) < 4.78 is 5.42. The van der Waals surface area contributed by atoms with E-state index in [1.54, 1.807) is 6.26 Å². The maximum atomic E-state index is 11.9. The number of amides is 1. The van der Waals surface area contributed by atoms with Gasteiger partial charge in [0.05, 0.1) is 6.26 Å². The maximum absolute atomic E-state index is 11.9. The molecular formula is C15H17NO2. The van der Waals surface area contributed by atoms with Gasteiger partial charge >= 0.3 is 0 Å². The Bertz CT molecular complexity index is 488. The number of hydrogen-bond donors (Lipinski definition) is 1. The summed E-state index contributed by atoms with van der Waals surface area (Å²) in [5.74, 6) is 0.710. The molecule has 0 spiro atoms. The van der Waals surface area contributed by atoms with Crippen LogP contribution in [0.15, 0.2) is 53.1 Å². The van der Waals surface area contributed by atoms with Gasteiger partial charge in [-0.2, -0.15) is 0 Å². The van der Waals surface area contributed by atoms with Gasteiger partial charge in [-0.25, -0.2) is 0 Å². The molecule has 0 saturated carbocycles. The Morgan fingerprint density at radius 3 is 2.39 bits per heavy atom. The Morgan fingerprint density at radius 1 is 1.11 bits per heavy atom. The molecule has 1 atom stereocenters. The molecule has 1 unspecified atom stereocenters. The van der Waals surface area contributed by atoms with Crippen molar-refractivity contribution >= 4 is 5.91 Å². The highest BCUT2D eigenvalue weighted by molar-refractivity contribution is 5.78. The zero-order chi connectivity index (χ0) is 13.0. The molecule has 0 aliphatic carbocycles. The molecule has 18 heavy (non-hydrogen) atoms. The number of furan rings is 1. The first-order valence-corrected chi connectivity index (χ1v) is 6.07. The molecule has 0 radical (unpaired) electrons. The number of rotatable bonds is 4. The van der Waals surface area contributed by atoms with Crippen LogP contribution in [0.3, 0.4) is 0 Å². The Morgan fingerprint density at radius 2 is 1.83 bits per heavy atom. The molecule has 3 heteroatoms. The van der Waals surface area contributed by atoms with Crippen LogP contribution in [0, 0.1) is 5.92 Å². The number of carbonyl (C=O) groups is 1. The normalized spacial score (nSPS) is 12.4. The highest BCUT2D eigenvalue weighted by atomic mass is 16.3.